The molecule has 3 aromatic rings. The molecule has 2 N–H and O–H groups in total. The van der Waals surface area contributed by atoms with E-state index in [4.69, 9.17) is 4.74 Å². The van der Waals surface area contributed by atoms with E-state index < -0.39 is 6.09 Å². The van der Waals surface area contributed by atoms with E-state index >= 15 is 0 Å². The van der Waals surface area contributed by atoms with Crippen LogP contribution in [0.5, 0.6) is 5.88 Å². The third-order valence-electron chi connectivity index (χ3n) is 3.12. The fourth-order valence-corrected chi connectivity index (χ4v) is 2.05. The Hall–Kier alpha value is -3.36. The third-order valence-corrected chi connectivity index (χ3v) is 3.12. The van der Waals surface area contributed by atoms with Crippen LogP contribution >= 0.6 is 0 Å². The van der Waals surface area contributed by atoms with Gasteiger partial charge in [0.2, 0.25) is 5.88 Å². The molecule has 0 unspecified atom stereocenters. The molecule has 0 spiro atoms. The van der Waals surface area contributed by atoms with Crippen molar-refractivity contribution in [2.45, 2.75) is 6.92 Å². The van der Waals surface area contributed by atoms with Crippen LogP contribution in [0.3, 0.4) is 0 Å². The zero-order valence-electron chi connectivity index (χ0n) is 13.5. The van der Waals surface area contributed by atoms with Gasteiger partial charge in [-0.15, -0.1) is 0 Å². The molecule has 9 heteroatoms. The van der Waals surface area contributed by atoms with Crippen molar-refractivity contribution in [3.63, 3.8) is 0 Å². The highest BCUT2D eigenvalue weighted by Gasteiger charge is 2.13. The number of rotatable bonds is 4. The van der Waals surface area contributed by atoms with E-state index in [1.165, 1.54) is 0 Å². The van der Waals surface area contributed by atoms with Crippen LogP contribution in [0.1, 0.15) is 5.69 Å². The van der Waals surface area contributed by atoms with Gasteiger partial charge in [-0.1, -0.05) is 0 Å². The summed E-state index contributed by atoms with van der Waals surface area (Å²) in [5.41, 5.74) is 2.05. The van der Waals surface area contributed by atoms with Crippen LogP contribution in [-0.4, -0.2) is 30.6 Å². The largest absolute Gasteiger partial charge is 0.419 e. The molecule has 9 nitrogen and oxygen atoms in total. The molecule has 3 heterocycles. The van der Waals surface area contributed by atoms with Crippen molar-refractivity contribution in [2.75, 3.05) is 10.6 Å². The molecule has 0 aliphatic heterocycles. The topological polar surface area (TPSA) is 98.9 Å². The van der Waals surface area contributed by atoms with Crippen molar-refractivity contribution in [2.24, 2.45) is 14.1 Å². The predicted molar refractivity (Wildman–Crippen MR) is 88.3 cm³/mol. The molecule has 0 fully saturated rings. The molecule has 0 radical (unpaired) electrons. The van der Waals surface area contributed by atoms with Crippen LogP contribution in [-0.2, 0) is 14.1 Å². The molecule has 3 rings (SSSR count). The fraction of sp³-hybridized carbons (Fsp3) is 0.200. The van der Waals surface area contributed by atoms with Gasteiger partial charge in [-0.3, -0.25) is 14.7 Å². The lowest BCUT2D eigenvalue weighted by Crippen LogP contribution is -2.18. The van der Waals surface area contributed by atoms with Gasteiger partial charge in [0.1, 0.15) is 5.69 Å². The molecular formula is C15H17N7O2. The summed E-state index contributed by atoms with van der Waals surface area (Å²) in [5.74, 6) is 0.573. The van der Waals surface area contributed by atoms with Crippen molar-refractivity contribution in [1.82, 2.24) is 24.5 Å². The SMILES string of the molecule is Cc1ccc(Nc2cnn(C)c2)c(OC(=O)Nc2ccn(C)n2)n1. The summed E-state index contributed by atoms with van der Waals surface area (Å²) < 4.78 is 8.56. The summed E-state index contributed by atoms with van der Waals surface area (Å²) in [6.45, 7) is 1.82. The number of nitrogens with one attached hydrogen (secondary N) is 2. The average molecular weight is 327 g/mol. The minimum atomic E-state index is -0.666. The molecule has 0 aromatic carbocycles. The van der Waals surface area contributed by atoms with E-state index in [0.717, 1.165) is 11.4 Å². The van der Waals surface area contributed by atoms with Gasteiger partial charge in [-0.05, 0) is 19.1 Å². The highest BCUT2D eigenvalue weighted by molar-refractivity contribution is 5.85. The molecule has 0 saturated carbocycles. The van der Waals surface area contributed by atoms with Gasteiger partial charge >= 0.3 is 6.09 Å². The maximum atomic E-state index is 12.0. The number of carbonyl (C=O) groups excluding carboxylic acids is 1. The molecule has 0 aliphatic rings. The van der Waals surface area contributed by atoms with Gasteiger partial charge in [-0.2, -0.15) is 10.2 Å². The minimum absolute atomic E-state index is 0.173. The van der Waals surface area contributed by atoms with E-state index in [1.807, 2.05) is 20.0 Å². The number of anilines is 3. The summed E-state index contributed by atoms with van der Waals surface area (Å²) in [5, 5.41) is 13.8. The summed E-state index contributed by atoms with van der Waals surface area (Å²) in [7, 11) is 3.57. The van der Waals surface area contributed by atoms with E-state index in [2.05, 4.69) is 25.8 Å². The number of carbonyl (C=O) groups is 1. The average Bonchev–Trinajstić information content (AvgIpc) is 3.10. The number of hydrogen-bond donors (Lipinski definition) is 2. The van der Waals surface area contributed by atoms with Crippen LogP contribution in [0.15, 0.2) is 36.8 Å². The second-order valence-electron chi connectivity index (χ2n) is 5.22. The van der Waals surface area contributed by atoms with E-state index in [9.17, 15) is 4.79 Å². The van der Waals surface area contributed by atoms with Crippen LogP contribution in [0.2, 0.25) is 0 Å². The maximum Gasteiger partial charge on any atom is 0.419 e. The van der Waals surface area contributed by atoms with Gasteiger partial charge in [-0.25, -0.2) is 9.78 Å². The van der Waals surface area contributed by atoms with E-state index in [0.29, 0.717) is 11.5 Å². The van der Waals surface area contributed by atoms with Crippen LogP contribution < -0.4 is 15.4 Å². The Bertz CT molecular complexity index is 868. The molecular weight excluding hydrogens is 310 g/mol. The first kappa shape index (κ1) is 15.5. The number of aryl methyl sites for hydroxylation is 3. The zero-order chi connectivity index (χ0) is 17.1. The molecule has 1 amide bonds. The normalized spacial score (nSPS) is 10.5. The van der Waals surface area contributed by atoms with Crippen molar-refractivity contribution >= 4 is 23.3 Å². The van der Waals surface area contributed by atoms with Crippen molar-refractivity contribution in [3.8, 4) is 5.88 Å². The molecule has 3 aromatic heterocycles. The van der Waals surface area contributed by atoms with Crippen molar-refractivity contribution in [1.29, 1.82) is 0 Å². The Morgan fingerprint density at radius 3 is 2.71 bits per heavy atom. The highest BCUT2D eigenvalue weighted by atomic mass is 16.6. The number of ether oxygens (including phenoxy) is 1. The van der Waals surface area contributed by atoms with Crippen molar-refractivity contribution in [3.05, 3.63) is 42.5 Å². The lowest BCUT2D eigenvalue weighted by atomic mass is 10.3. The van der Waals surface area contributed by atoms with Crippen LogP contribution in [0.4, 0.5) is 22.0 Å². The molecule has 124 valence electrons. The number of hydrogen-bond acceptors (Lipinski definition) is 6. The Morgan fingerprint density at radius 2 is 2.04 bits per heavy atom. The molecule has 0 aliphatic carbocycles. The van der Waals surface area contributed by atoms with Gasteiger partial charge in [0, 0.05) is 38.2 Å². The zero-order valence-corrected chi connectivity index (χ0v) is 13.5. The lowest BCUT2D eigenvalue weighted by Gasteiger charge is -2.10. The van der Waals surface area contributed by atoms with Gasteiger partial charge in [0.15, 0.2) is 5.82 Å². The van der Waals surface area contributed by atoms with Gasteiger partial charge in [0.25, 0.3) is 0 Å². The van der Waals surface area contributed by atoms with E-state index in [1.54, 1.807) is 47.1 Å². The van der Waals surface area contributed by atoms with Gasteiger partial charge in [0.05, 0.1) is 11.9 Å². The number of aromatic nitrogens is 5. The quantitative estimate of drug-likeness (QED) is 0.762. The Balaban J connectivity index is 1.76. The smallest absolute Gasteiger partial charge is 0.389 e. The van der Waals surface area contributed by atoms with Gasteiger partial charge < -0.3 is 10.1 Å². The third kappa shape index (κ3) is 3.69. The maximum absolute atomic E-state index is 12.0. The predicted octanol–water partition coefficient (Wildman–Crippen LogP) is 2.21. The number of nitrogens with zero attached hydrogens (tertiary/aromatic N) is 5. The highest BCUT2D eigenvalue weighted by Crippen LogP contribution is 2.26. The van der Waals surface area contributed by atoms with Crippen LogP contribution in [0, 0.1) is 6.92 Å². The van der Waals surface area contributed by atoms with E-state index in [-0.39, 0.29) is 5.88 Å². The Morgan fingerprint density at radius 1 is 1.21 bits per heavy atom. The fourth-order valence-electron chi connectivity index (χ4n) is 2.05. The minimum Gasteiger partial charge on any atom is -0.389 e. The summed E-state index contributed by atoms with van der Waals surface area (Å²) in [4.78, 5) is 16.3. The molecule has 24 heavy (non-hydrogen) atoms. The standard InChI is InChI=1S/C15H17N7O2/c1-10-4-5-12(18-11-8-16-22(3)9-11)14(17-10)24-15(23)19-13-6-7-21(2)20-13/h4-9,18H,1-3H3,(H,19,20,23). The first-order valence-corrected chi connectivity index (χ1v) is 7.21. The molecule has 0 atom stereocenters. The summed E-state index contributed by atoms with van der Waals surface area (Å²) in [6.07, 6.45) is 4.52. The second kappa shape index (κ2) is 6.41. The Labute approximate surface area is 138 Å². The Kier molecular flexibility index (Phi) is 4.15. The van der Waals surface area contributed by atoms with Crippen LogP contribution in [0.25, 0.3) is 0 Å². The molecule has 0 saturated heterocycles. The molecule has 0 bridgehead atoms. The monoisotopic (exact) mass is 327 g/mol. The lowest BCUT2D eigenvalue weighted by molar-refractivity contribution is 0.213. The first-order valence-electron chi connectivity index (χ1n) is 7.21. The number of amides is 1. The van der Waals surface area contributed by atoms with Crippen molar-refractivity contribution < 1.29 is 9.53 Å². The number of pyridine rings is 1. The second-order valence-corrected chi connectivity index (χ2v) is 5.22. The first-order chi connectivity index (χ1) is 11.5. The summed E-state index contributed by atoms with van der Waals surface area (Å²) >= 11 is 0. The summed E-state index contributed by atoms with van der Waals surface area (Å²) in [6, 6.07) is 5.28.